The van der Waals surface area contributed by atoms with Gasteiger partial charge in [-0.3, -0.25) is 4.79 Å². The zero-order valence-electron chi connectivity index (χ0n) is 8.71. The van der Waals surface area contributed by atoms with Crippen LogP contribution in [-0.2, 0) is 11.3 Å². The van der Waals surface area contributed by atoms with Crippen molar-refractivity contribution in [2.45, 2.75) is 6.54 Å². The highest BCUT2D eigenvalue weighted by molar-refractivity contribution is 6.28. The van der Waals surface area contributed by atoms with Gasteiger partial charge in [0.15, 0.2) is 0 Å². The lowest BCUT2D eigenvalue weighted by Crippen LogP contribution is -2.38. The van der Waals surface area contributed by atoms with Crippen molar-refractivity contribution in [3.05, 3.63) is 17.7 Å². The number of hydrogen-bond acceptors (Lipinski definition) is 4. The summed E-state index contributed by atoms with van der Waals surface area (Å²) in [5.41, 5.74) is 0. The van der Waals surface area contributed by atoms with Crippen molar-refractivity contribution in [3.63, 3.8) is 0 Å². The van der Waals surface area contributed by atoms with Crippen LogP contribution in [0.4, 0.5) is 0 Å². The molecule has 1 rings (SSSR count). The van der Waals surface area contributed by atoms with Crippen LogP contribution in [0.2, 0.25) is 5.28 Å². The minimum absolute atomic E-state index is 0.0544. The summed E-state index contributed by atoms with van der Waals surface area (Å²) < 4.78 is 1.49. The quantitative estimate of drug-likeness (QED) is 0.700. The lowest BCUT2D eigenvalue weighted by atomic mass is 10.4. The van der Waals surface area contributed by atoms with Crippen LogP contribution in [0.1, 0.15) is 0 Å². The van der Waals surface area contributed by atoms with Gasteiger partial charge in [0.25, 0.3) is 0 Å². The zero-order chi connectivity index (χ0) is 12.0. The largest absolute Gasteiger partial charge is 0.395 e. The summed E-state index contributed by atoms with van der Waals surface area (Å²) in [7, 11) is 0. The second kappa shape index (κ2) is 6.47. The molecule has 1 aromatic rings. The van der Waals surface area contributed by atoms with Crippen LogP contribution in [0, 0.1) is 0 Å². The first-order chi connectivity index (χ1) is 7.69. The molecule has 16 heavy (non-hydrogen) atoms. The van der Waals surface area contributed by atoms with Gasteiger partial charge in [-0.15, -0.1) is 0 Å². The van der Waals surface area contributed by atoms with Crippen molar-refractivity contribution in [1.29, 1.82) is 0 Å². The Kier molecular flexibility index (Phi) is 5.24. The molecular formula is C9H14ClN3O3. The van der Waals surface area contributed by atoms with E-state index in [0.717, 1.165) is 0 Å². The van der Waals surface area contributed by atoms with Gasteiger partial charge in [-0.25, -0.2) is 4.98 Å². The van der Waals surface area contributed by atoms with Gasteiger partial charge in [0.1, 0.15) is 6.54 Å². The molecule has 1 aromatic heterocycles. The number of rotatable bonds is 6. The van der Waals surface area contributed by atoms with Crippen molar-refractivity contribution >= 4 is 17.5 Å². The van der Waals surface area contributed by atoms with Crippen molar-refractivity contribution in [2.24, 2.45) is 0 Å². The Balaban J connectivity index is 2.58. The maximum absolute atomic E-state index is 11.7. The van der Waals surface area contributed by atoms with Crippen molar-refractivity contribution in [1.82, 2.24) is 14.5 Å². The van der Waals surface area contributed by atoms with E-state index in [0.29, 0.717) is 0 Å². The van der Waals surface area contributed by atoms with Crippen LogP contribution in [-0.4, -0.2) is 56.9 Å². The molecule has 1 heterocycles. The van der Waals surface area contributed by atoms with E-state index in [1.807, 2.05) is 0 Å². The maximum Gasteiger partial charge on any atom is 0.242 e. The number of carbonyl (C=O) groups is 1. The average molecular weight is 248 g/mol. The first-order valence-corrected chi connectivity index (χ1v) is 5.23. The number of amides is 1. The molecule has 0 radical (unpaired) electrons. The van der Waals surface area contributed by atoms with Gasteiger partial charge in [-0.2, -0.15) is 0 Å². The van der Waals surface area contributed by atoms with Gasteiger partial charge in [-0.1, -0.05) is 0 Å². The molecule has 0 atom stereocenters. The predicted octanol–water partition coefficient (Wildman–Crippen LogP) is -0.650. The zero-order valence-corrected chi connectivity index (χ0v) is 9.47. The Morgan fingerprint density at radius 1 is 1.44 bits per heavy atom. The van der Waals surface area contributed by atoms with Gasteiger partial charge in [0.2, 0.25) is 11.2 Å². The van der Waals surface area contributed by atoms with E-state index in [-0.39, 0.29) is 44.0 Å². The van der Waals surface area contributed by atoms with Crippen LogP contribution < -0.4 is 0 Å². The number of nitrogens with zero attached hydrogens (tertiary/aromatic N) is 3. The van der Waals surface area contributed by atoms with E-state index in [1.54, 1.807) is 6.20 Å². The third-order valence-electron chi connectivity index (χ3n) is 2.06. The molecule has 0 bridgehead atoms. The molecule has 0 fully saturated rings. The van der Waals surface area contributed by atoms with Crippen molar-refractivity contribution < 1.29 is 15.0 Å². The molecule has 0 saturated carbocycles. The Bertz CT molecular complexity index is 336. The fourth-order valence-electron chi connectivity index (χ4n) is 1.28. The molecule has 0 aromatic carbocycles. The number of aliphatic hydroxyl groups excluding tert-OH is 2. The van der Waals surface area contributed by atoms with E-state index < -0.39 is 0 Å². The molecule has 0 aliphatic rings. The van der Waals surface area contributed by atoms with E-state index >= 15 is 0 Å². The Morgan fingerprint density at radius 3 is 2.50 bits per heavy atom. The number of halogens is 1. The summed E-state index contributed by atoms with van der Waals surface area (Å²) >= 11 is 5.73. The first kappa shape index (κ1) is 13.0. The minimum atomic E-state index is -0.219. The molecule has 0 unspecified atom stereocenters. The van der Waals surface area contributed by atoms with Gasteiger partial charge >= 0.3 is 0 Å². The molecule has 6 nitrogen and oxygen atoms in total. The standard InChI is InChI=1S/C9H14ClN3O3/c10-9-11-1-2-13(9)7-8(16)12(3-5-14)4-6-15/h1-2,14-15H,3-7H2. The fraction of sp³-hybridized carbons (Fsp3) is 0.556. The van der Waals surface area contributed by atoms with Crippen molar-refractivity contribution in [3.8, 4) is 0 Å². The van der Waals surface area contributed by atoms with Gasteiger partial charge < -0.3 is 19.7 Å². The van der Waals surface area contributed by atoms with Gasteiger partial charge in [0.05, 0.1) is 13.2 Å². The highest BCUT2D eigenvalue weighted by atomic mass is 35.5. The van der Waals surface area contributed by atoms with E-state index in [1.165, 1.54) is 15.7 Å². The van der Waals surface area contributed by atoms with Crippen molar-refractivity contribution in [2.75, 3.05) is 26.3 Å². The van der Waals surface area contributed by atoms with Crippen LogP contribution >= 0.6 is 11.6 Å². The number of aromatic nitrogens is 2. The van der Waals surface area contributed by atoms with E-state index in [4.69, 9.17) is 21.8 Å². The normalized spacial score (nSPS) is 10.4. The summed E-state index contributed by atoms with van der Waals surface area (Å²) in [6, 6.07) is 0. The highest BCUT2D eigenvalue weighted by Gasteiger charge is 2.13. The maximum atomic E-state index is 11.7. The summed E-state index contributed by atoms with van der Waals surface area (Å²) in [4.78, 5) is 16.9. The van der Waals surface area contributed by atoms with Crippen LogP contribution in [0.5, 0.6) is 0 Å². The number of carbonyl (C=O) groups excluding carboxylic acids is 1. The third-order valence-corrected chi connectivity index (χ3v) is 2.38. The lowest BCUT2D eigenvalue weighted by molar-refractivity contribution is -0.132. The van der Waals surface area contributed by atoms with Crippen LogP contribution in [0.25, 0.3) is 0 Å². The summed E-state index contributed by atoms with van der Waals surface area (Å²) in [5, 5.41) is 17.8. The predicted molar refractivity (Wildman–Crippen MR) is 58.0 cm³/mol. The number of hydrogen-bond donors (Lipinski definition) is 2. The van der Waals surface area contributed by atoms with Gasteiger partial charge in [-0.05, 0) is 11.6 Å². The van der Waals surface area contributed by atoms with E-state index in [9.17, 15) is 4.79 Å². The molecule has 0 saturated heterocycles. The molecular weight excluding hydrogens is 234 g/mol. The molecule has 90 valence electrons. The Morgan fingerprint density at radius 2 is 2.06 bits per heavy atom. The highest BCUT2D eigenvalue weighted by Crippen LogP contribution is 2.05. The fourth-order valence-corrected chi connectivity index (χ4v) is 1.45. The molecule has 0 spiro atoms. The first-order valence-electron chi connectivity index (χ1n) is 4.85. The monoisotopic (exact) mass is 247 g/mol. The van der Waals surface area contributed by atoms with Crippen LogP contribution in [0.3, 0.4) is 0 Å². The lowest BCUT2D eigenvalue weighted by Gasteiger charge is -2.20. The van der Waals surface area contributed by atoms with Gasteiger partial charge in [0, 0.05) is 25.5 Å². The summed E-state index contributed by atoms with van der Waals surface area (Å²) in [6.07, 6.45) is 3.09. The summed E-state index contributed by atoms with van der Waals surface area (Å²) in [6.45, 7) is 0.184. The molecule has 7 heteroatoms. The number of imidazole rings is 1. The molecule has 0 aliphatic heterocycles. The number of aliphatic hydroxyl groups is 2. The van der Waals surface area contributed by atoms with Crippen LogP contribution in [0.15, 0.2) is 12.4 Å². The molecule has 1 amide bonds. The average Bonchev–Trinajstić information content (AvgIpc) is 2.64. The third kappa shape index (κ3) is 3.48. The summed E-state index contributed by atoms with van der Waals surface area (Å²) in [5.74, 6) is -0.219. The second-order valence-corrected chi connectivity index (χ2v) is 3.49. The second-order valence-electron chi connectivity index (χ2n) is 3.15. The molecule has 0 aliphatic carbocycles. The topological polar surface area (TPSA) is 78.6 Å². The SMILES string of the molecule is O=C(Cn1ccnc1Cl)N(CCO)CCO. The molecule has 2 N–H and O–H groups in total. The minimum Gasteiger partial charge on any atom is -0.395 e. The van der Waals surface area contributed by atoms with E-state index in [2.05, 4.69) is 4.98 Å². The smallest absolute Gasteiger partial charge is 0.242 e. The Labute approximate surface area is 98.1 Å². The Hall–Kier alpha value is -1.11.